The molecule has 14 heavy (non-hydrogen) atoms. The van der Waals surface area contributed by atoms with Crippen molar-refractivity contribution in [3.63, 3.8) is 0 Å². The van der Waals surface area contributed by atoms with E-state index in [1.807, 2.05) is 0 Å². The maximum Gasteiger partial charge on any atom is 0 e. The summed E-state index contributed by atoms with van der Waals surface area (Å²) < 4.78 is 0. The molecule has 0 fully saturated rings. The van der Waals surface area contributed by atoms with Gasteiger partial charge in [-0.1, -0.05) is 6.92 Å². The summed E-state index contributed by atoms with van der Waals surface area (Å²) in [6.07, 6.45) is 1.15. The van der Waals surface area contributed by atoms with E-state index in [-0.39, 0.29) is 8.41 Å². The van der Waals surface area contributed by atoms with E-state index in [4.69, 9.17) is 0 Å². The second kappa shape index (κ2) is 4.68. The molecule has 0 aliphatic carbocycles. The Bertz CT molecular complexity index is 309. The summed E-state index contributed by atoms with van der Waals surface area (Å²) in [6.45, 7) is 13.4. The van der Waals surface area contributed by atoms with Gasteiger partial charge in [0.1, 0.15) is 0 Å². The third-order valence-electron chi connectivity index (χ3n) is 3.51. The van der Waals surface area contributed by atoms with Crippen molar-refractivity contribution in [1.82, 2.24) is 0 Å². The van der Waals surface area contributed by atoms with Crippen molar-refractivity contribution in [3.05, 3.63) is 33.4 Å². The van der Waals surface area contributed by atoms with Crippen LogP contribution in [0.5, 0.6) is 0 Å². The van der Waals surface area contributed by atoms with Crippen LogP contribution in [0.4, 0.5) is 0 Å². The molecular weight excluding hydrogens is 167 g/mol. The number of benzene rings is 1. The van der Waals surface area contributed by atoms with Gasteiger partial charge in [0.25, 0.3) is 0 Å². The molecule has 0 bridgehead atoms. The van der Waals surface area contributed by atoms with Crippen LogP contribution in [0.2, 0.25) is 0 Å². The zero-order valence-corrected chi connectivity index (χ0v) is 10.3. The average Bonchev–Trinajstić information content (AvgIpc) is 2.13. The molecule has 0 unspecified atom stereocenters. The Morgan fingerprint density at radius 2 is 0.929 bits per heavy atom. The molecule has 1 aromatic rings. The first-order chi connectivity index (χ1) is 6.00. The molecule has 0 aliphatic heterocycles. The highest BCUT2D eigenvalue weighted by molar-refractivity contribution is 5.75. The minimum absolute atomic E-state index is 0. The molecule has 1 aromatic carbocycles. The van der Waals surface area contributed by atoms with Gasteiger partial charge in [-0.2, -0.15) is 0 Å². The van der Waals surface area contributed by atoms with Crippen molar-refractivity contribution in [2.75, 3.05) is 0 Å². The van der Waals surface area contributed by atoms with Crippen LogP contribution >= 0.6 is 0 Å². The number of hydrogen-bond acceptors (Lipinski definition) is 0. The lowest BCUT2D eigenvalue weighted by molar-refractivity contribution is 1.03. The van der Waals surface area contributed by atoms with Crippen molar-refractivity contribution in [3.8, 4) is 0 Å². The SMILES string of the molecule is CCc1c(C)c(C)c(C)c(C)c1C.[B]. The van der Waals surface area contributed by atoms with Gasteiger partial charge in [0.2, 0.25) is 0 Å². The van der Waals surface area contributed by atoms with Gasteiger partial charge in [-0.05, 0) is 74.4 Å². The van der Waals surface area contributed by atoms with E-state index in [2.05, 4.69) is 41.5 Å². The Morgan fingerprint density at radius 1 is 0.643 bits per heavy atom. The molecule has 1 rings (SSSR count). The van der Waals surface area contributed by atoms with E-state index in [1.165, 1.54) is 27.8 Å². The van der Waals surface area contributed by atoms with E-state index >= 15 is 0 Å². The van der Waals surface area contributed by atoms with Crippen molar-refractivity contribution in [2.24, 2.45) is 0 Å². The Kier molecular flexibility index (Phi) is 4.44. The van der Waals surface area contributed by atoms with Crippen molar-refractivity contribution in [1.29, 1.82) is 0 Å². The van der Waals surface area contributed by atoms with Crippen LogP contribution < -0.4 is 0 Å². The zero-order valence-electron chi connectivity index (χ0n) is 10.3. The third kappa shape index (κ3) is 1.87. The molecule has 1 heteroatoms. The highest BCUT2D eigenvalue weighted by Gasteiger charge is 2.09. The Balaban J connectivity index is 0.00000169. The first-order valence-electron chi connectivity index (χ1n) is 5.06. The lowest BCUT2D eigenvalue weighted by Gasteiger charge is -2.17. The molecule has 0 atom stereocenters. The van der Waals surface area contributed by atoms with Crippen LogP contribution in [0, 0.1) is 34.6 Å². The average molecular weight is 187 g/mol. The van der Waals surface area contributed by atoms with Gasteiger partial charge in [-0.3, -0.25) is 0 Å². The first kappa shape index (κ1) is 13.3. The zero-order chi connectivity index (χ0) is 10.2. The molecule has 0 nitrogen and oxygen atoms in total. The fourth-order valence-corrected chi connectivity index (χ4v) is 2.11. The highest BCUT2D eigenvalue weighted by Crippen LogP contribution is 2.25. The van der Waals surface area contributed by atoms with Gasteiger partial charge >= 0.3 is 0 Å². The van der Waals surface area contributed by atoms with E-state index in [9.17, 15) is 0 Å². The summed E-state index contributed by atoms with van der Waals surface area (Å²) in [5, 5.41) is 0. The van der Waals surface area contributed by atoms with Crippen molar-refractivity contribution < 1.29 is 0 Å². The van der Waals surface area contributed by atoms with Gasteiger partial charge in [-0.15, -0.1) is 0 Å². The van der Waals surface area contributed by atoms with Crippen LogP contribution in [0.3, 0.4) is 0 Å². The maximum atomic E-state index is 2.24. The molecule has 0 saturated carbocycles. The van der Waals surface area contributed by atoms with E-state index in [1.54, 1.807) is 5.56 Å². The molecule has 0 saturated heterocycles. The Labute approximate surface area is 90.3 Å². The lowest BCUT2D eigenvalue weighted by atomic mass is 9.89. The van der Waals surface area contributed by atoms with E-state index in [0.717, 1.165) is 6.42 Å². The van der Waals surface area contributed by atoms with Gasteiger partial charge < -0.3 is 0 Å². The van der Waals surface area contributed by atoms with Crippen LogP contribution in [0.15, 0.2) is 0 Å². The second-order valence-electron chi connectivity index (χ2n) is 3.96. The topological polar surface area (TPSA) is 0 Å². The number of hydrogen-bond donors (Lipinski definition) is 0. The smallest absolute Gasteiger partial charge is 0 e. The van der Waals surface area contributed by atoms with Gasteiger partial charge in [0.15, 0.2) is 0 Å². The Morgan fingerprint density at radius 3 is 1.21 bits per heavy atom. The van der Waals surface area contributed by atoms with Crippen molar-refractivity contribution in [2.45, 2.75) is 48.0 Å². The maximum absolute atomic E-state index is 2.24. The fraction of sp³-hybridized carbons (Fsp3) is 0.538. The minimum Gasteiger partial charge on any atom is -0.0613 e. The van der Waals surface area contributed by atoms with E-state index in [0.29, 0.717) is 0 Å². The van der Waals surface area contributed by atoms with Crippen LogP contribution in [-0.2, 0) is 6.42 Å². The lowest BCUT2D eigenvalue weighted by Crippen LogP contribution is -2.01. The van der Waals surface area contributed by atoms with Crippen molar-refractivity contribution >= 4 is 8.41 Å². The molecule has 0 spiro atoms. The molecule has 3 radical (unpaired) electrons. The number of rotatable bonds is 1. The standard InChI is InChI=1S/C13H20.B/c1-7-13-11(5)9(3)8(2)10(4)12(13)6;/h7H2,1-6H3;. The summed E-state index contributed by atoms with van der Waals surface area (Å²) in [5.41, 5.74) is 8.93. The van der Waals surface area contributed by atoms with Gasteiger partial charge in [0.05, 0.1) is 0 Å². The normalized spacial score (nSPS) is 9.86. The fourth-order valence-electron chi connectivity index (χ4n) is 2.11. The van der Waals surface area contributed by atoms with Gasteiger partial charge in [0, 0.05) is 8.41 Å². The summed E-state index contributed by atoms with van der Waals surface area (Å²) in [6, 6.07) is 0. The summed E-state index contributed by atoms with van der Waals surface area (Å²) >= 11 is 0. The highest BCUT2D eigenvalue weighted by atomic mass is 14.1. The minimum atomic E-state index is 0. The van der Waals surface area contributed by atoms with E-state index < -0.39 is 0 Å². The molecule has 0 aromatic heterocycles. The third-order valence-corrected chi connectivity index (χ3v) is 3.51. The molecule has 0 N–H and O–H groups in total. The molecule has 0 aliphatic rings. The predicted molar refractivity (Wildman–Crippen MR) is 65.3 cm³/mol. The molecule has 0 amide bonds. The largest absolute Gasteiger partial charge is 0.0613 e. The summed E-state index contributed by atoms with van der Waals surface area (Å²) in [4.78, 5) is 0. The Hall–Kier alpha value is -0.715. The summed E-state index contributed by atoms with van der Waals surface area (Å²) in [7, 11) is 0. The monoisotopic (exact) mass is 187 g/mol. The van der Waals surface area contributed by atoms with Crippen LogP contribution in [-0.4, -0.2) is 8.41 Å². The first-order valence-corrected chi connectivity index (χ1v) is 5.06. The van der Waals surface area contributed by atoms with Crippen LogP contribution in [0.25, 0.3) is 0 Å². The quantitative estimate of drug-likeness (QED) is 0.591. The predicted octanol–water partition coefficient (Wildman–Crippen LogP) is 3.41. The van der Waals surface area contributed by atoms with Crippen LogP contribution in [0.1, 0.15) is 40.3 Å². The molecular formula is C13H20B. The summed E-state index contributed by atoms with van der Waals surface area (Å²) in [5.74, 6) is 0. The second-order valence-corrected chi connectivity index (χ2v) is 3.96. The molecule has 75 valence electrons. The molecule has 0 heterocycles. The van der Waals surface area contributed by atoms with Gasteiger partial charge in [-0.25, -0.2) is 0 Å².